The highest BCUT2D eigenvalue weighted by Crippen LogP contribution is 2.22. The van der Waals surface area contributed by atoms with E-state index in [1.807, 2.05) is 0 Å². The highest BCUT2D eigenvalue weighted by molar-refractivity contribution is 4.92. The third-order valence-electron chi connectivity index (χ3n) is 4.78. The van der Waals surface area contributed by atoms with Gasteiger partial charge in [-0.2, -0.15) is 4.98 Å². The average molecular weight is 292 g/mol. The van der Waals surface area contributed by atoms with Gasteiger partial charge in [0.25, 0.3) is 0 Å². The summed E-state index contributed by atoms with van der Waals surface area (Å²) in [5, 5.41) is 4.05. The van der Waals surface area contributed by atoms with Gasteiger partial charge in [0.15, 0.2) is 5.82 Å². The second kappa shape index (κ2) is 6.88. The molecule has 5 nitrogen and oxygen atoms in total. The summed E-state index contributed by atoms with van der Waals surface area (Å²) < 4.78 is 5.35. The molecule has 0 radical (unpaired) electrons. The van der Waals surface area contributed by atoms with E-state index in [1.54, 1.807) is 0 Å². The quantitative estimate of drug-likeness (QED) is 0.834. The molecular weight excluding hydrogens is 264 g/mol. The van der Waals surface area contributed by atoms with Crippen LogP contribution in [0.4, 0.5) is 0 Å². The zero-order chi connectivity index (χ0) is 14.7. The molecule has 0 amide bonds. The maximum absolute atomic E-state index is 5.35. The van der Waals surface area contributed by atoms with Crippen molar-refractivity contribution >= 4 is 0 Å². The predicted octanol–water partition coefficient (Wildman–Crippen LogP) is 2.50. The van der Waals surface area contributed by atoms with E-state index in [0.717, 1.165) is 37.3 Å². The monoisotopic (exact) mass is 292 g/mol. The lowest BCUT2D eigenvalue weighted by Crippen LogP contribution is -2.37. The van der Waals surface area contributed by atoms with E-state index in [-0.39, 0.29) is 0 Å². The largest absolute Gasteiger partial charge is 0.338 e. The summed E-state index contributed by atoms with van der Waals surface area (Å²) in [6.07, 6.45) is 5.41. The fourth-order valence-corrected chi connectivity index (χ4v) is 3.42. The normalized spacial score (nSPS) is 22.4. The topological polar surface area (TPSA) is 45.4 Å². The van der Waals surface area contributed by atoms with Gasteiger partial charge < -0.3 is 9.42 Å². The molecule has 2 fully saturated rings. The number of piperidine rings is 1. The Balaban J connectivity index is 1.42. The summed E-state index contributed by atoms with van der Waals surface area (Å²) in [7, 11) is 0. The molecule has 2 saturated heterocycles. The molecule has 3 heterocycles. The van der Waals surface area contributed by atoms with Gasteiger partial charge in [-0.15, -0.1) is 0 Å². The first-order chi connectivity index (χ1) is 10.2. The average Bonchev–Trinajstić information content (AvgIpc) is 3.12. The van der Waals surface area contributed by atoms with Gasteiger partial charge in [-0.3, -0.25) is 4.90 Å². The Morgan fingerprint density at radius 3 is 2.43 bits per heavy atom. The van der Waals surface area contributed by atoms with Crippen LogP contribution in [0.2, 0.25) is 0 Å². The SMILES string of the molecule is CC(C)c1noc(CN2CCC(CN3CCCC3)CC2)n1. The number of hydrogen-bond donors (Lipinski definition) is 0. The molecule has 0 saturated carbocycles. The van der Waals surface area contributed by atoms with Gasteiger partial charge in [0.1, 0.15) is 0 Å². The summed E-state index contributed by atoms with van der Waals surface area (Å²) in [6.45, 7) is 11.3. The molecule has 0 unspecified atom stereocenters. The Kier molecular flexibility index (Phi) is 4.91. The standard InChI is InChI=1S/C16H28N4O/c1-13(2)16-17-15(21-18-16)12-20-9-5-14(6-10-20)11-19-7-3-4-8-19/h13-14H,3-12H2,1-2H3. The molecule has 0 spiro atoms. The highest BCUT2D eigenvalue weighted by Gasteiger charge is 2.24. The lowest BCUT2D eigenvalue weighted by atomic mass is 9.96. The Hall–Kier alpha value is -0.940. The maximum atomic E-state index is 5.35. The van der Waals surface area contributed by atoms with E-state index < -0.39 is 0 Å². The third kappa shape index (κ3) is 4.04. The number of nitrogens with zero attached hydrogens (tertiary/aromatic N) is 4. The van der Waals surface area contributed by atoms with E-state index in [9.17, 15) is 0 Å². The van der Waals surface area contributed by atoms with Crippen molar-refractivity contribution in [2.45, 2.75) is 52.0 Å². The molecule has 1 aromatic rings. The molecule has 0 bridgehead atoms. The van der Waals surface area contributed by atoms with Crippen molar-refractivity contribution in [2.24, 2.45) is 5.92 Å². The van der Waals surface area contributed by atoms with Crippen molar-refractivity contribution in [3.05, 3.63) is 11.7 Å². The summed E-state index contributed by atoms with van der Waals surface area (Å²) in [4.78, 5) is 9.58. The molecule has 2 aliphatic heterocycles. The lowest BCUT2D eigenvalue weighted by molar-refractivity contribution is 0.137. The fraction of sp³-hybridized carbons (Fsp3) is 0.875. The Morgan fingerprint density at radius 2 is 1.81 bits per heavy atom. The molecule has 5 heteroatoms. The van der Waals surface area contributed by atoms with E-state index in [2.05, 4.69) is 33.8 Å². The van der Waals surface area contributed by atoms with E-state index in [0.29, 0.717) is 5.92 Å². The van der Waals surface area contributed by atoms with E-state index in [1.165, 1.54) is 45.3 Å². The minimum absolute atomic E-state index is 0.341. The van der Waals surface area contributed by atoms with Crippen LogP contribution in [0.3, 0.4) is 0 Å². The van der Waals surface area contributed by atoms with E-state index in [4.69, 9.17) is 4.52 Å². The van der Waals surface area contributed by atoms with Gasteiger partial charge >= 0.3 is 0 Å². The van der Waals surface area contributed by atoms with Gasteiger partial charge in [0.05, 0.1) is 6.54 Å². The number of rotatable bonds is 5. The number of hydrogen-bond acceptors (Lipinski definition) is 5. The van der Waals surface area contributed by atoms with Gasteiger partial charge in [0.2, 0.25) is 5.89 Å². The molecule has 1 aromatic heterocycles. The second-order valence-corrected chi connectivity index (χ2v) is 6.93. The van der Waals surface area contributed by atoms with Crippen LogP contribution in [0, 0.1) is 5.92 Å². The van der Waals surface area contributed by atoms with Crippen LogP contribution in [0.25, 0.3) is 0 Å². The van der Waals surface area contributed by atoms with Crippen LogP contribution in [-0.2, 0) is 6.54 Å². The molecule has 118 valence electrons. The Labute approximate surface area is 127 Å². The zero-order valence-corrected chi connectivity index (χ0v) is 13.4. The Morgan fingerprint density at radius 1 is 1.10 bits per heavy atom. The first-order valence-corrected chi connectivity index (χ1v) is 8.48. The summed E-state index contributed by atoms with van der Waals surface area (Å²) in [5.74, 6) is 2.83. The third-order valence-corrected chi connectivity index (χ3v) is 4.78. The van der Waals surface area contributed by atoms with Crippen molar-refractivity contribution < 1.29 is 4.52 Å². The smallest absolute Gasteiger partial charge is 0.240 e. The van der Waals surface area contributed by atoms with Gasteiger partial charge in [-0.25, -0.2) is 0 Å². The molecule has 0 N–H and O–H groups in total. The van der Waals surface area contributed by atoms with Gasteiger partial charge in [-0.05, 0) is 57.8 Å². The molecule has 0 aromatic carbocycles. The van der Waals surface area contributed by atoms with Crippen LogP contribution in [0.15, 0.2) is 4.52 Å². The van der Waals surface area contributed by atoms with Crippen LogP contribution in [0.5, 0.6) is 0 Å². The maximum Gasteiger partial charge on any atom is 0.240 e. The molecule has 2 aliphatic rings. The summed E-state index contributed by atoms with van der Waals surface area (Å²) >= 11 is 0. The Bertz CT molecular complexity index is 431. The van der Waals surface area contributed by atoms with Crippen molar-refractivity contribution in [2.75, 3.05) is 32.7 Å². The first kappa shape index (κ1) is 15.0. The minimum atomic E-state index is 0.341. The number of likely N-dealkylation sites (tertiary alicyclic amines) is 2. The van der Waals surface area contributed by atoms with Crippen LogP contribution in [-0.4, -0.2) is 52.7 Å². The van der Waals surface area contributed by atoms with Crippen LogP contribution >= 0.6 is 0 Å². The van der Waals surface area contributed by atoms with Gasteiger partial charge in [0, 0.05) is 12.5 Å². The van der Waals surface area contributed by atoms with Crippen molar-refractivity contribution in [3.8, 4) is 0 Å². The molecular formula is C16H28N4O. The molecule has 0 aliphatic carbocycles. The number of aromatic nitrogens is 2. The van der Waals surface area contributed by atoms with Crippen molar-refractivity contribution in [1.82, 2.24) is 19.9 Å². The molecule has 21 heavy (non-hydrogen) atoms. The van der Waals surface area contributed by atoms with E-state index >= 15 is 0 Å². The minimum Gasteiger partial charge on any atom is -0.338 e. The highest BCUT2D eigenvalue weighted by atomic mass is 16.5. The van der Waals surface area contributed by atoms with Crippen LogP contribution < -0.4 is 0 Å². The van der Waals surface area contributed by atoms with Crippen molar-refractivity contribution in [1.29, 1.82) is 0 Å². The van der Waals surface area contributed by atoms with Crippen LogP contribution in [0.1, 0.15) is 57.2 Å². The molecule has 0 atom stereocenters. The second-order valence-electron chi connectivity index (χ2n) is 6.93. The summed E-state index contributed by atoms with van der Waals surface area (Å²) in [5.41, 5.74) is 0. The molecule has 3 rings (SSSR count). The zero-order valence-electron chi connectivity index (χ0n) is 13.4. The first-order valence-electron chi connectivity index (χ1n) is 8.48. The van der Waals surface area contributed by atoms with Gasteiger partial charge in [-0.1, -0.05) is 19.0 Å². The van der Waals surface area contributed by atoms with Crippen molar-refractivity contribution in [3.63, 3.8) is 0 Å². The predicted molar refractivity (Wildman–Crippen MR) is 82.1 cm³/mol. The lowest BCUT2D eigenvalue weighted by Gasteiger charge is -2.33. The fourth-order valence-electron chi connectivity index (χ4n) is 3.42. The summed E-state index contributed by atoms with van der Waals surface area (Å²) in [6, 6.07) is 0.